The van der Waals surface area contributed by atoms with Crippen LogP contribution in [0, 0.1) is 0 Å². The van der Waals surface area contributed by atoms with Gasteiger partial charge in [-0.2, -0.15) is 0 Å². The first-order valence-electron chi connectivity index (χ1n) is 5.69. The molecule has 1 unspecified atom stereocenters. The maximum atomic E-state index is 12.0. The van der Waals surface area contributed by atoms with E-state index in [0.717, 1.165) is 5.69 Å². The minimum atomic E-state index is -0.226. The molecule has 2 aromatic heterocycles. The van der Waals surface area contributed by atoms with Gasteiger partial charge in [0.05, 0.1) is 12.3 Å². The highest BCUT2D eigenvalue weighted by atomic mass is 16.3. The molecule has 0 fully saturated rings. The number of anilines is 1. The van der Waals surface area contributed by atoms with Crippen molar-refractivity contribution in [3.05, 3.63) is 48.2 Å². The molecule has 0 aliphatic rings. The summed E-state index contributed by atoms with van der Waals surface area (Å²) in [5, 5.41) is 5.79. The molecular formula is C13H15N3O2. The maximum Gasteiger partial charge on any atom is 0.270 e. The molecule has 0 saturated heterocycles. The third-order valence-corrected chi connectivity index (χ3v) is 2.60. The number of nitrogens with one attached hydrogen (secondary N) is 2. The van der Waals surface area contributed by atoms with E-state index in [1.807, 2.05) is 13.0 Å². The molecule has 2 rings (SSSR count). The highest BCUT2D eigenvalue weighted by Gasteiger charge is 2.14. The topological polar surface area (TPSA) is 67.2 Å². The Hall–Kier alpha value is -2.30. The number of nitrogens with zero attached hydrogens (tertiary/aromatic N) is 1. The fourth-order valence-corrected chi connectivity index (χ4v) is 1.59. The summed E-state index contributed by atoms with van der Waals surface area (Å²) >= 11 is 0. The van der Waals surface area contributed by atoms with Crippen LogP contribution >= 0.6 is 0 Å². The first-order valence-corrected chi connectivity index (χ1v) is 5.69. The number of aromatic nitrogens is 1. The van der Waals surface area contributed by atoms with Crippen molar-refractivity contribution in [3.8, 4) is 0 Å². The summed E-state index contributed by atoms with van der Waals surface area (Å²) in [4.78, 5) is 16.0. The molecular weight excluding hydrogens is 230 g/mol. The van der Waals surface area contributed by atoms with Crippen LogP contribution in [0.15, 0.2) is 41.1 Å². The van der Waals surface area contributed by atoms with Crippen molar-refractivity contribution in [1.29, 1.82) is 0 Å². The fraction of sp³-hybridized carbons (Fsp3) is 0.231. The van der Waals surface area contributed by atoms with Gasteiger partial charge in [-0.05, 0) is 31.2 Å². The molecule has 0 aliphatic heterocycles. The summed E-state index contributed by atoms with van der Waals surface area (Å²) < 4.78 is 5.23. The number of carbonyl (C=O) groups is 1. The van der Waals surface area contributed by atoms with Gasteiger partial charge in [0.15, 0.2) is 0 Å². The molecule has 2 N–H and O–H groups in total. The maximum absolute atomic E-state index is 12.0. The number of carbonyl (C=O) groups excluding carboxylic acids is 1. The largest absolute Gasteiger partial charge is 0.467 e. The van der Waals surface area contributed by atoms with E-state index in [-0.39, 0.29) is 11.9 Å². The van der Waals surface area contributed by atoms with Gasteiger partial charge in [0, 0.05) is 18.9 Å². The molecule has 5 nitrogen and oxygen atoms in total. The Morgan fingerprint density at radius 2 is 2.28 bits per heavy atom. The van der Waals surface area contributed by atoms with Crippen LogP contribution in [0.5, 0.6) is 0 Å². The van der Waals surface area contributed by atoms with Crippen LogP contribution in [-0.4, -0.2) is 17.9 Å². The number of hydrogen-bond acceptors (Lipinski definition) is 4. The van der Waals surface area contributed by atoms with Gasteiger partial charge < -0.3 is 15.1 Å². The average molecular weight is 245 g/mol. The van der Waals surface area contributed by atoms with Crippen LogP contribution in [0.25, 0.3) is 0 Å². The standard InChI is InChI=1S/C13H15N3O2/c1-9(12-4-3-7-18-12)16-13(17)11-8-10(14-2)5-6-15-11/h3-9H,1-2H3,(H,14,15)(H,16,17). The summed E-state index contributed by atoms with van der Waals surface area (Å²) in [5.74, 6) is 0.490. The van der Waals surface area contributed by atoms with Crippen LogP contribution in [0.3, 0.4) is 0 Å². The van der Waals surface area contributed by atoms with Crippen LogP contribution < -0.4 is 10.6 Å². The second kappa shape index (κ2) is 5.35. The fourth-order valence-electron chi connectivity index (χ4n) is 1.59. The smallest absolute Gasteiger partial charge is 0.270 e. The average Bonchev–Trinajstić information content (AvgIpc) is 2.92. The lowest BCUT2D eigenvalue weighted by Gasteiger charge is -2.11. The number of pyridine rings is 1. The van der Waals surface area contributed by atoms with E-state index in [4.69, 9.17) is 4.42 Å². The van der Waals surface area contributed by atoms with Crippen molar-refractivity contribution in [2.45, 2.75) is 13.0 Å². The van der Waals surface area contributed by atoms with Gasteiger partial charge in [-0.15, -0.1) is 0 Å². The Morgan fingerprint density at radius 3 is 2.94 bits per heavy atom. The van der Waals surface area contributed by atoms with E-state index in [1.165, 1.54) is 0 Å². The zero-order valence-corrected chi connectivity index (χ0v) is 10.3. The molecule has 1 amide bonds. The van der Waals surface area contributed by atoms with Gasteiger partial charge in [0.1, 0.15) is 11.5 Å². The molecule has 0 saturated carbocycles. The normalized spacial score (nSPS) is 11.9. The quantitative estimate of drug-likeness (QED) is 0.866. The van der Waals surface area contributed by atoms with Crippen molar-refractivity contribution in [1.82, 2.24) is 10.3 Å². The minimum absolute atomic E-state index is 0.187. The highest BCUT2D eigenvalue weighted by molar-refractivity contribution is 5.93. The van der Waals surface area contributed by atoms with E-state index in [9.17, 15) is 4.79 Å². The molecule has 0 spiro atoms. The zero-order chi connectivity index (χ0) is 13.0. The monoisotopic (exact) mass is 245 g/mol. The highest BCUT2D eigenvalue weighted by Crippen LogP contribution is 2.13. The third kappa shape index (κ3) is 2.68. The van der Waals surface area contributed by atoms with Gasteiger partial charge >= 0.3 is 0 Å². The van der Waals surface area contributed by atoms with Gasteiger partial charge in [0.25, 0.3) is 5.91 Å². The molecule has 2 aromatic rings. The van der Waals surface area contributed by atoms with Crippen molar-refractivity contribution in [2.24, 2.45) is 0 Å². The molecule has 0 aromatic carbocycles. The third-order valence-electron chi connectivity index (χ3n) is 2.60. The first-order chi connectivity index (χ1) is 8.70. The molecule has 0 radical (unpaired) electrons. The van der Waals surface area contributed by atoms with E-state index in [0.29, 0.717) is 11.5 Å². The van der Waals surface area contributed by atoms with E-state index in [2.05, 4.69) is 15.6 Å². The van der Waals surface area contributed by atoms with Crippen molar-refractivity contribution < 1.29 is 9.21 Å². The zero-order valence-electron chi connectivity index (χ0n) is 10.3. The molecule has 94 valence electrons. The summed E-state index contributed by atoms with van der Waals surface area (Å²) in [5.41, 5.74) is 1.22. The SMILES string of the molecule is CNc1ccnc(C(=O)NC(C)c2ccco2)c1. The molecule has 2 heterocycles. The summed E-state index contributed by atoms with van der Waals surface area (Å²) in [6, 6.07) is 6.92. The van der Waals surface area contributed by atoms with E-state index >= 15 is 0 Å². The van der Waals surface area contributed by atoms with E-state index < -0.39 is 0 Å². The van der Waals surface area contributed by atoms with Crippen LogP contribution in [-0.2, 0) is 0 Å². The predicted molar refractivity (Wildman–Crippen MR) is 68.4 cm³/mol. The number of hydrogen-bond donors (Lipinski definition) is 2. The predicted octanol–water partition coefficient (Wildman–Crippen LogP) is 2.21. The Morgan fingerprint density at radius 1 is 1.44 bits per heavy atom. The summed E-state index contributed by atoms with van der Waals surface area (Å²) in [6.45, 7) is 1.86. The Balaban J connectivity index is 2.07. The van der Waals surface area contributed by atoms with Crippen LogP contribution in [0.1, 0.15) is 29.2 Å². The van der Waals surface area contributed by atoms with Crippen LogP contribution in [0.4, 0.5) is 5.69 Å². The number of rotatable bonds is 4. The molecule has 0 aliphatic carbocycles. The minimum Gasteiger partial charge on any atom is -0.467 e. The molecule has 18 heavy (non-hydrogen) atoms. The van der Waals surface area contributed by atoms with Gasteiger partial charge in [0.2, 0.25) is 0 Å². The van der Waals surface area contributed by atoms with Gasteiger partial charge in [-0.3, -0.25) is 9.78 Å². The van der Waals surface area contributed by atoms with Crippen molar-refractivity contribution >= 4 is 11.6 Å². The summed E-state index contributed by atoms with van der Waals surface area (Å²) in [7, 11) is 1.79. The second-order valence-corrected chi connectivity index (χ2v) is 3.89. The van der Waals surface area contributed by atoms with Gasteiger partial charge in [-0.25, -0.2) is 0 Å². The Labute approximate surface area is 105 Å². The second-order valence-electron chi connectivity index (χ2n) is 3.89. The van der Waals surface area contributed by atoms with Gasteiger partial charge in [-0.1, -0.05) is 0 Å². The Bertz CT molecular complexity index is 523. The summed E-state index contributed by atoms with van der Waals surface area (Å²) in [6.07, 6.45) is 3.18. The molecule has 0 bridgehead atoms. The lowest BCUT2D eigenvalue weighted by molar-refractivity contribution is 0.0930. The molecule has 1 atom stereocenters. The van der Waals surface area contributed by atoms with E-state index in [1.54, 1.807) is 37.7 Å². The van der Waals surface area contributed by atoms with Crippen molar-refractivity contribution in [2.75, 3.05) is 12.4 Å². The first kappa shape index (κ1) is 12.2. The Kier molecular flexibility index (Phi) is 3.62. The number of furan rings is 1. The van der Waals surface area contributed by atoms with Crippen LogP contribution in [0.2, 0.25) is 0 Å². The number of amides is 1. The lowest BCUT2D eigenvalue weighted by atomic mass is 10.2. The molecule has 5 heteroatoms. The lowest BCUT2D eigenvalue weighted by Crippen LogP contribution is -2.27. The van der Waals surface area contributed by atoms with Crippen molar-refractivity contribution in [3.63, 3.8) is 0 Å².